The topological polar surface area (TPSA) is 12.9 Å². The first kappa shape index (κ1) is 7.82. The van der Waals surface area contributed by atoms with Gasteiger partial charge in [0.05, 0.1) is 10.2 Å². The summed E-state index contributed by atoms with van der Waals surface area (Å²) in [5, 5.41) is 0. The summed E-state index contributed by atoms with van der Waals surface area (Å²) in [7, 11) is 0. The Kier molecular flexibility index (Phi) is 2.07. The monoisotopic (exact) mass is 293 g/mol. The van der Waals surface area contributed by atoms with Gasteiger partial charge in [-0.15, -0.1) is 24.0 Å². The highest BCUT2D eigenvalue weighted by atomic mass is 127. The predicted octanol–water partition coefficient (Wildman–Crippen LogP) is 3.19. The third-order valence-electron chi connectivity index (χ3n) is 1.37. The summed E-state index contributed by atoms with van der Waals surface area (Å²) in [6, 6.07) is 6.02. The van der Waals surface area contributed by atoms with E-state index in [4.69, 9.17) is 0 Å². The fourth-order valence-corrected chi connectivity index (χ4v) is 2.91. The minimum absolute atomic E-state index is 0.960. The van der Waals surface area contributed by atoms with Crippen molar-refractivity contribution in [1.29, 1.82) is 0 Å². The molecule has 2 rings (SSSR count). The smallest absolute Gasteiger partial charge is 0.155 e. The van der Waals surface area contributed by atoms with Crippen LogP contribution in [-0.2, 0) is 0 Å². The van der Waals surface area contributed by atoms with Gasteiger partial charge in [-0.2, -0.15) is 0 Å². The number of hydrogen-bond donors (Lipinski definition) is 1. The van der Waals surface area contributed by atoms with E-state index in [0.717, 1.165) is 13.4 Å². The van der Waals surface area contributed by atoms with Crippen LogP contribution in [0.3, 0.4) is 0 Å². The van der Waals surface area contributed by atoms with E-state index >= 15 is 0 Å². The maximum Gasteiger partial charge on any atom is 0.155 e. The van der Waals surface area contributed by atoms with Crippen LogP contribution in [0.1, 0.15) is 0 Å². The molecule has 0 aliphatic rings. The van der Waals surface area contributed by atoms with Gasteiger partial charge in [-0.1, -0.05) is 6.07 Å². The molecule has 0 saturated carbocycles. The predicted molar refractivity (Wildman–Crippen MR) is 59.6 cm³/mol. The molecule has 0 fully saturated rings. The largest absolute Gasteiger partial charge is 0.229 e. The highest BCUT2D eigenvalue weighted by molar-refractivity contribution is 14.1. The molecule has 1 nitrogen and oxygen atoms in total. The van der Waals surface area contributed by atoms with Crippen LogP contribution < -0.4 is 0 Å². The third-order valence-corrected chi connectivity index (χ3v) is 3.44. The number of thiazole rings is 1. The zero-order valence-electron chi connectivity index (χ0n) is 5.41. The number of hydrogen-bond acceptors (Lipinski definition) is 3. The molecule has 1 aromatic carbocycles. The Morgan fingerprint density at radius 2 is 2.27 bits per heavy atom. The van der Waals surface area contributed by atoms with E-state index in [2.05, 4.69) is 46.3 Å². The molecule has 4 heteroatoms. The summed E-state index contributed by atoms with van der Waals surface area (Å²) in [6.07, 6.45) is 0. The summed E-state index contributed by atoms with van der Waals surface area (Å²) in [5.74, 6) is 0. The Morgan fingerprint density at radius 1 is 1.45 bits per heavy atom. The van der Waals surface area contributed by atoms with E-state index in [-0.39, 0.29) is 0 Å². The van der Waals surface area contributed by atoms with Gasteiger partial charge < -0.3 is 0 Å². The van der Waals surface area contributed by atoms with E-state index in [1.54, 1.807) is 11.3 Å². The summed E-state index contributed by atoms with van der Waals surface area (Å²) in [4.78, 5) is 5.30. The Morgan fingerprint density at radius 3 is 3.00 bits per heavy atom. The minimum atomic E-state index is 0.960. The van der Waals surface area contributed by atoms with Gasteiger partial charge in [-0.25, -0.2) is 4.98 Å². The number of benzene rings is 1. The number of para-hydroxylation sites is 1. The minimum Gasteiger partial charge on any atom is -0.229 e. The lowest BCUT2D eigenvalue weighted by atomic mass is 10.3. The first-order valence-corrected chi connectivity index (χ1v) is 5.35. The van der Waals surface area contributed by atoms with Crippen molar-refractivity contribution in [3.63, 3.8) is 0 Å². The average Bonchev–Trinajstić information content (AvgIpc) is 2.31. The van der Waals surface area contributed by atoms with Gasteiger partial charge in [0, 0.05) is 4.90 Å². The molecule has 1 aromatic heterocycles. The van der Waals surface area contributed by atoms with Crippen LogP contribution in [-0.4, -0.2) is 4.98 Å². The number of rotatable bonds is 0. The lowest BCUT2D eigenvalue weighted by Gasteiger charge is -1.89. The third kappa shape index (κ3) is 1.39. The molecule has 11 heavy (non-hydrogen) atoms. The fourth-order valence-electron chi connectivity index (χ4n) is 0.907. The van der Waals surface area contributed by atoms with E-state index in [0.29, 0.717) is 0 Å². The molecule has 2 aromatic rings. The Hall–Kier alpha value is 0.190. The second-order valence-electron chi connectivity index (χ2n) is 2.09. The van der Waals surface area contributed by atoms with E-state index < -0.39 is 0 Å². The molecule has 1 heterocycles. The van der Waals surface area contributed by atoms with Gasteiger partial charge in [-0.3, -0.25) is 0 Å². The van der Waals surface area contributed by atoms with Gasteiger partial charge in [0.2, 0.25) is 0 Å². The van der Waals surface area contributed by atoms with E-state index in [1.165, 1.54) is 4.70 Å². The van der Waals surface area contributed by atoms with Crippen molar-refractivity contribution in [2.45, 2.75) is 4.90 Å². The van der Waals surface area contributed by atoms with Crippen LogP contribution in [0.2, 0.25) is 0 Å². The SMILES string of the molecule is Sc1cccc2sc(I)nc12. The first-order valence-electron chi connectivity index (χ1n) is 3.01. The van der Waals surface area contributed by atoms with Gasteiger partial charge in [-0.05, 0) is 34.7 Å². The van der Waals surface area contributed by atoms with Gasteiger partial charge in [0.25, 0.3) is 0 Å². The summed E-state index contributed by atoms with van der Waals surface area (Å²) in [5.41, 5.74) is 1.02. The van der Waals surface area contributed by atoms with Crippen LogP contribution >= 0.6 is 46.6 Å². The van der Waals surface area contributed by atoms with Crippen molar-refractivity contribution >= 4 is 56.8 Å². The molecular weight excluding hydrogens is 289 g/mol. The fraction of sp³-hybridized carbons (Fsp3) is 0. The van der Waals surface area contributed by atoms with Crippen LogP contribution in [0.25, 0.3) is 10.2 Å². The number of halogens is 1. The molecule has 0 bridgehead atoms. The highest BCUT2D eigenvalue weighted by Gasteiger charge is 2.02. The van der Waals surface area contributed by atoms with Crippen LogP contribution in [0.15, 0.2) is 23.1 Å². The molecule has 0 N–H and O–H groups in total. The van der Waals surface area contributed by atoms with Crippen molar-refractivity contribution in [2.24, 2.45) is 0 Å². The van der Waals surface area contributed by atoms with Gasteiger partial charge >= 0.3 is 0 Å². The molecule has 0 unspecified atom stereocenters. The van der Waals surface area contributed by atoms with Crippen molar-refractivity contribution < 1.29 is 0 Å². The number of nitrogens with zero attached hydrogens (tertiary/aromatic N) is 1. The molecule has 56 valence electrons. The molecule has 0 radical (unpaired) electrons. The first-order chi connectivity index (χ1) is 5.27. The highest BCUT2D eigenvalue weighted by Crippen LogP contribution is 2.27. The van der Waals surface area contributed by atoms with E-state index in [9.17, 15) is 0 Å². The molecular formula is C7H4INS2. The second kappa shape index (κ2) is 2.91. The summed E-state index contributed by atoms with van der Waals surface area (Å²) >= 11 is 8.22. The zero-order chi connectivity index (χ0) is 7.84. The maximum absolute atomic E-state index is 4.34. The lowest BCUT2D eigenvalue weighted by molar-refractivity contribution is 1.38. The summed E-state index contributed by atoms with van der Waals surface area (Å²) < 4.78 is 2.28. The average molecular weight is 293 g/mol. The number of thiol groups is 1. The molecule has 0 spiro atoms. The molecule has 0 aliphatic heterocycles. The molecule has 0 amide bonds. The van der Waals surface area contributed by atoms with Crippen LogP contribution in [0.4, 0.5) is 0 Å². The second-order valence-corrected chi connectivity index (χ2v) is 5.36. The van der Waals surface area contributed by atoms with Crippen LogP contribution in [0.5, 0.6) is 0 Å². The number of fused-ring (bicyclic) bond motifs is 1. The Balaban J connectivity index is 2.90. The lowest BCUT2D eigenvalue weighted by Crippen LogP contribution is -1.70. The number of aromatic nitrogens is 1. The maximum atomic E-state index is 4.34. The summed E-state index contributed by atoms with van der Waals surface area (Å²) in [6.45, 7) is 0. The van der Waals surface area contributed by atoms with Gasteiger partial charge in [0.1, 0.15) is 0 Å². The standard InChI is InChI=1S/C7H4INS2/c8-7-9-6-4(10)2-1-3-5(6)11-7/h1-3,10H. The van der Waals surface area contributed by atoms with Gasteiger partial charge in [0.15, 0.2) is 3.01 Å². The Labute approximate surface area is 87.4 Å². The van der Waals surface area contributed by atoms with Crippen molar-refractivity contribution in [3.8, 4) is 0 Å². The quantitative estimate of drug-likeness (QED) is 0.581. The van der Waals surface area contributed by atoms with Crippen molar-refractivity contribution in [3.05, 3.63) is 21.2 Å². The normalized spacial score (nSPS) is 10.7. The molecule has 0 saturated heterocycles. The van der Waals surface area contributed by atoms with Crippen molar-refractivity contribution in [1.82, 2.24) is 4.98 Å². The zero-order valence-corrected chi connectivity index (χ0v) is 9.28. The van der Waals surface area contributed by atoms with Crippen molar-refractivity contribution in [2.75, 3.05) is 0 Å². The Bertz CT molecular complexity index is 396. The van der Waals surface area contributed by atoms with Crippen LogP contribution in [0, 0.1) is 3.01 Å². The van der Waals surface area contributed by atoms with E-state index in [1.807, 2.05) is 12.1 Å². The molecule has 0 aliphatic carbocycles. The molecule has 0 atom stereocenters.